The highest BCUT2D eigenvalue weighted by Crippen LogP contribution is 2.59. The van der Waals surface area contributed by atoms with Gasteiger partial charge in [-0.25, -0.2) is 0 Å². The second kappa shape index (κ2) is 4.01. The lowest BCUT2D eigenvalue weighted by atomic mass is 9.90. The number of nitrogens with zero attached hydrogens (tertiary/aromatic N) is 3. The molecule has 7 heteroatoms. The van der Waals surface area contributed by atoms with Crippen molar-refractivity contribution in [1.82, 2.24) is 13.6 Å². The summed E-state index contributed by atoms with van der Waals surface area (Å²) in [4.78, 5) is 24.7. The number of aromatic nitrogens is 2. The highest BCUT2D eigenvalue weighted by Gasteiger charge is 2.59. The Morgan fingerprint density at radius 2 is 2.17 bits per heavy atom. The van der Waals surface area contributed by atoms with Crippen LogP contribution >= 0.6 is 11.7 Å². The molecule has 2 heterocycles. The molecule has 1 aliphatic carbocycles. The van der Waals surface area contributed by atoms with Crippen molar-refractivity contribution in [3.8, 4) is 0 Å². The molecule has 1 aromatic rings. The van der Waals surface area contributed by atoms with Crippen LogP contribution in [-0.2, 0) is 4.79 Å². The molecule has 1 aliphatic heterocycles. The number of rotatable bonds is 2. The fourth-order valence-corrected chi connectivity index (χ4v) is 3.23. The van der Waals surface area contributed by atoms with Gasteiger partial charge in [-0.15, -0.1) is 0 Å². The minimum absolute atomic E-state index is 0.0388. The molecule has 18 heavy (non-hydrogen) atoms. The Morgan fingerprint density at radius 3 is 2.67 bits per heavy atom. The van der Waals surface area contributed by atoms with Crippen LogP contribution in [0, 0.1) is 11.3 Å². The van der Waals surface area contributed by atoms with Crippen molar-refractivity contribution in [2.24, 2.45) is 11.3 Å². The summed E-state index contributed by atoms with van der Waals surface area (Å²) in [6, 6.07) is 0. The molecular weight excluding hydrogens is 254 g/mol. The third kappa shape index (κ3) is 1.78. The number of likely N-dealkylation sites (tertiary alicyclic amines) is 1. The maximum Gasteiger partial charge on any atom is 0.307 e. The van der Waals surface area contributed by atoms with E-state index in [1.807, 2.05) is 0 Å². The highest BCUT2D eigenvalue weighted by atomic mass is 32.1. The Bertz CT molecular complexity index is 480. The largest absolute Gasteiger partial charge is 0.481 e. The van der Waals surface area contributed by atoms with Gasteiger partial charge in [-0.3, -0.25) is 9.59 Å². The van der Waals surface area contributed by atoms with Crippen LogP contribution in [0.2, 0.25) is 0 Å². The fraction of sp³-hybridized carbons (Fsp3) is 0.636. The van der Waals surface area contributed by atoms with Crippen molar-refractivity contribution in [1.29, 1.82) is 0 Å². The fourth-order valence-electron chi connectivity index (χ4n) is 2.83. The van der Waals surface area contributed by atoms with Gasteiger partial charge < -0.3 is 10.0 Å². The van der Waals surface area contributed by atoms with E-state index in [1.54, 1.807) is 4.90 Å². The molecule has 1 aromatic heterocycles. The Kier molecular flexibility index (Phi) is 2.58. The minimum Gasteiger partial charge on any atom is -0.481 e. The van der Waals surface area contributed by atoms with Crippen molar-refractivity contribution in [2.45, 2.75) is 19.3 Å². The summed E-state index contributed by atoms with van der Waals surface area (Å²) in [5.74, 6) is -0.986. The van der Waals surface area contributed by atoms with Gasteiger partial charge in [0.1, 0.15) is 0 Å². The van der Waals surface area contributed by atoms with Crippen LogP contribution in [0.5, 0.6) is 0 Å². The summed E-state index contributed by atoms with van der Waals surface area (Å²) in [6.07, 6.45) is 3.82. The molecule has 0 aromatic carbocycles. The second-order valence-electron chi connectivity index (χ2n) is 5.04. The smallest absolute Gasteiger partial charge is 0.307 e. The number of carboxylic acids is 1. The molecule has 96 valence electrons. The van der Waals surface area contributed by atoms with Crippen LogP contribution in [-0.4, -0.2) is 43.7 Å². The number of piperidine rings is 1. The lowest BCUT2D eigenvalue weighted by molar-refractivity contribution is -0.139. The Labute approximate surface area is 108 Å². The van der Waals surface area contributed by atoms with Gasteiger partial charge in [-0.1, -0.05) is 0 Å². The molecule has 1 atom stereocenters. The molecule has 0 radical (unpaired) electrons. The summed E-state index contributed by atoms with van der Waals surface area (Å²) in [6.45, 7) is 1.25. The molecule has 1 amide bonds. The van der Waals surface area contributed by atoms with Crippen LogP contribution in [0.1, 0.15) is 29.8 Å². The molecule has 3 rings (SSSR count). The molecule has 1 spiro atoms. The van der Waals surface area contributed by atoms with Gasteiger partial charge >= 0.3 is 5.97 Å². The molecule has 2 fully saturated rings. The molecule has 1 N–H and O–H groups in total. The monoisotopic (exact) mass is 267 g/mol. The van der Waals surface area contributed by atoms with Crippen LogP contribution in [0.15, 0.2) is 6.20 Å². The first kappa shape index (κ1) is 11.6. The van der Waals surface area contributed by atoms with E-state index < -0.39 is 5.97 Å². The van der Waals surface area contributed by atoms with E-state index in [9.17, 15) is 9.59 Å². The molecule has 1 saturated heterocycles. The molecular formula is C11H13N3O3S. The summed E-state index contributed by atoms with van der Waals surface area (Å²) in [5, 5.41) is 9.00. The SMILES string of the molecule is O=C(O)C1CC12CCN(C(=O)c1cnsn1)CC2. The van der Waals surface area contributed by atoms with Crippen LogP contribution < -0.4 is 0 Å². The van der Waals surface area contributed by atoms with E-state index in [2.05, 4.69) is 8.75 Å². The van der Waals surface area contributed by atoms with Crippen LogP contribution in [0.4, 0.5) is 0 Å². The first-order chi connectivity index (χ1) is 8.62. The normalized spacial score (nSPS) is 25.1. The first-order valence-corrected chi connectivity index (χ1v) is 6.65. The van der Waals surface area contributed by atoms with Gasteiger partial charge in [0.25, 0.3) is 5.91 Å². The average Bonchev–Trinajstić information content (AvgIpc) is 2.84. The predicted octanol–water partition coefficient (Wildman–Crippen LogP) is 0.865. The van der Waals surface area contributed by atoms with Crippen LogP contribution in [0.3, 0.4) is 0 Å². The quantitative estimate of drug-likeness (QED) is 0.859. The van der Waals surface area contributed by atoms with Crippen molar-refractivity contribution in [2.75, 3.05) is 13.1 Å². The van der Waals surface area contributed by atoms with Crippen molar-refractivity contribution in [3.05, 3.63) is 11.9 Å². The molecule has 2 aliphatic rings. The van der Waals surface area contributed by atoms with Gasteiger partial charge in [0.05, 0.1) is 23.8 Å². The third-order valence-electron chi connectivity index (χ3n) is 4.11. The Hall–Kier alpha value is -1.50. The number of aliphatic carboxylic acids is 1. The summed E-state index contributed by atoms with van der Waals surface area (Å²) >= 11 is 1.02. The van der Waals surface area contributed by atoms with E-state index >= 15 is 0 Å². The lowest BCUT2D eigenvalue weighted by Gasteiger charge is -2.32. The van der Waals surface area contributed by atoms with E-state index in [1.165, 1.54) is 6.20 Å². The van der Waals surface area contributed by atoms with E-state index in [4.69, 9.17) is 5.11 Å². The number of hydrogen-bond donors (Lipinski definition) is 1. The van der Waals surface area contributed by atoms with E-state index in [0.717, 1.165) is 31.0 Å². The second-order valence-corrected chi connectivity index (χ2v) is 5.60. The topological polar surface area (TPSA) is 83.4 Å². The molecule has 1 saturated carbocycles. The van der Waals surface area contributed by atoms with Gasteiger partial charge in [-0.2, -0.15) is 8.75 Å². The van der Waals surface area contributed by atoms with Gasteiger partial charge in [0.15, 0.2) is 5.69 Å². The number of hydrogen-bond acceptors (Lipinski definition) is 5. The predicted molar refractivity (Wildman–Crippen MR) is 63.2 cm³/mol. The maximum absolute atomic E-state index is 12.0. The van der Waals surface area contributed by atoms with Crippen molar-refractivity contribution in [3.63, 3.8) is 0 Å². The summed E-state index contributed by atoms with van der Waals surface area (Å²) in [7, 11) is 0. The number of carbonyl (C=O) groups excluding carboxylic acids is 1. The van der Waals surface area contributed by atoms with Crippen LogP contribution in [0.25, 0.3) is 0 Å². The zero-order valence-electron chi connectivity index (χ0n) is 9.70. The summed E-state index contributed by atoms with van der Waals surface area (Å²) < 4.78 is 7.75. The molecule has 1 unspecified atom stereocenters. The Morgan fingerprint density at radius 1 is 1.44 bits per heavy atom. The minimum atomic E-state index is -0.696. The Balaban J connectivity index is 1.61. The molecule has 0 bridgehead atoms. The van der Waals surface area contributed by atoms with Gasteiger partial charge in [-0.05, 0) is 24.7 Å². The highest BCUT2D eigenvalue weighted by molar-refractivity contribution is 6.99. The van der Waals surface area contributed by atoms with E-state index in [0.29, 0.717) is 18.8 Å². The number of amides is 1. The van der Waals surface area contributed by atoms with Gasteiger partial charge in [0.2, 0.25) is 0 Å². The van der Waals surface area contributed by atoms with E-state index in [-0.39, 0.29) is 17.2 Å². The first-order valence-electron chi connectivity index (χ1n) is 5.92. The number of carbonyl (C=O) groups is 2. The zero-order chi connectivity index (χ0) is 12.8. The lowest BCUT2D eigenvalue weighted by Crippen LogP contribution is -2.40. The standard InChI is InChI=1S/C11H13N3O3S/c15-9(8-6-12-18-13-8)14-3-1-11(2-4-14)5-7(11)10(16)17/h6-7H,1-5H2,(H,16,17). The van der Waals surface area contributed by atoms with Gasteiger partial charge in [0, 0.05) is 13.1 Å². The third-order valence-corrected chi connectivity index (χ3v) is 4.59. The summed E-state index contributed by atoms with van der Waals surface area (Å²) in [5.41, 5.74) is 0.352. The maximum atomic E-state index is 12.0. The van der Waals surface area contributed by atoms with Crippen molar-refractivity contribution < 1.29 is 14.7 Å². The number of carboxylic acid groups (broad SMARTS) is 1. The molecule has 6 nitrogen and oxygen atoms in total. The average molecular weight is 267 g/mol. The zero-order valence-corrected chi connectivity index (χ0v) is 10.5. The van der Waals surface area contributed by atoms with Crippen molar-refractivity contribution >= 4 is 23.6 Å².